The number of nitrogens with zero attached hydrogens (tertiary/aromatic N) is 4. The third-order valence-electron chi connectivity index (χ3n) is 6.68. The van der Waals surface area contributed by atoms with Crippen molar-refractivity contribution in [2.75, 3.05) is 39.4 Å². The van der Waals surface area contributed by atoms with Gasteiger partial charge in [-0.3, -0.25) is 9.59 Å². The van der Waals surface area contributed by atoms with E-state index in [0.717, 1.165) is 11.6 Å². The standard InChI is InChI=1S/C26H36N4O4/c1-20(2)26-27-10-13-29(26)12-9-24(31)30-11-8-23(34-22-6-4-3-5-7-22)21(19-30)18-25(32)28-14-16-33-17-15-28/h3-7,10,13,20-21,23H,8-9,11-12,14-19H2,1-2H3/t21-,23-/m0/s1. The Hall–Kier alpha value is -2.87. The van der Waals surface area contributed by atoms with Crippen LogP contribution in [0.25, 0.3) is 0 Å². The molecule has 2 saturated heterocycles. The molecule has 2 atom stereocenters. The number of amides is 2. The number of benzene rings is 1. The van der Waals surface area contributed by atoms with Gasteiger partial charge in [0, 0.05) is 76.2 Å². The Kier molecular flexibility index (Phi) is 8.21. The molecule has 184 valence electrons. The number of ether oxygens (including phenoxy) is 2. The molecule has 2 amide bonds. The topological polar surface area (TPSA) is 76.9 Å². The zero-order chi connectivity index (χ0) is 23.9. The van der Waals surface area contributed by atoms with Crippen LogP contribution < -0.4 is 4.74 Å². The van der Waals surface area contributed by atoms with Gasteiger partial charge in [0.25, 0.3) is 0 Å². The van der Waals surface area contributed by atoms with Crippen molar-refractivity contribution in [1.82, 2.24) is 19.4 Å². The van der Waals surface area contributed by atoms with E-state index in [4.69, 9.17) is 9.47 Å². The van der Waals surface area contributed by atoms with Crippen LogP contribution in [-0.2, 0) is 20.9 Å². The molecule has 8 nitrogen and oxygen atoms in total. The number of imidazole rings is 1. The third kappa shape index (κ3) is 6.17. The fourth-order valence-corrected chi connectivity index (χ4v) is 4.81. The molecule has 0 aliphatic carbocycles. The number of para-hydroxylation sites is 1. The highest BCUT2D eigenvalue weighted by Crippen LogP contribution is 2.27. The predicted octanol–water partition coefficient (Wildman–Crippen LogP) is 2.94. The lowest BCUT2D eigenvalue weighted by Gasteiger charge is -2.39. The maximum Gasteiger partial charge on any atom is 0.224 e. The van der Waals surface area contributed by atoms with Crippen molar-refractivity contribution in [1.29, 1.82) is 0 Å². The Bertz CT molecular complexity index is 939. The van der Waals surface area contributed by atoms with Gasteiger partial charge in [-0.25, -0.2) is 4.98 Å². The minimum Gasteiger partial charge on any atom is -0.490 e. The number of carbonyl (C=O) groups excluding carboxylic acids is 2. The monoisotopic (exact) mass is 468 g/mol. The number of likely N-dealkylation sites (tertiary alicyclic amines) is 1. The van der Waals surface area contributed by atoms with E-state index >= 15 is 0 Å². The quantitative estimate of drug-likeness (QED) is 0.595. The number of rotatable bonds is 8. The van der Waals surface area contributed by atoms with Crippen molar-refractivity contribution in [3.8, 4) is 5.75 Å². The highest BCUT2D eigenvalue weighted by Gasteiger charge is 2.35. The number of piperidine rings is 1. The van der Waals surface area contributed by atoms with Crippen LogP contribution in [0.3, 0.4) is 0 Å². The van der Waals surface area contributed by atoms with Crippen LogP contribution in [-0.4, -0.2) is 76.7 Å². The summed E-state index contributed by atoms with van der Waals surface area (Å²) in [7, 11) is 0. The zero-order valence-electron chi connectivity index (χ0n) is 20.3. The SMILES string of the molecule is CC(C)c1nccn1CCC(=O)N1CC[C@H](Oc2ccccc2)[C@@H](CC(=O)N2CCOCC2)C1. The molecule has 2 aliphatic heterocycles. The fourth-order valence-electron chi connectivity index (χ4n) is 4.81. The van der Waals surface area contributed by atoms with Gasteiger partial charge in [-0.2, -0.15) is 0 Å². The van der Waals surface area contributed by atoms with Crippen LogP contribution in [0, 0.1) is 5.92 Å². The van der Waals surface area contributed by atoms with Crippen molar-refractivity contribution in [2.45, 2.75) is 51.7 Å². The summed E-state index contributed by atoms with van der Waals surface area (Å²) in [5, 5.41) is 0. The molecule has 0 N–H and O–H groups in total. The highest BCUT2D eigenvalue weighted by atomic mass is 16.5. The Balaban J connectivity index is 1.40. The Morgan fingerprint density at radius 1 is 1.09 bits per heavy atom. The average Bonchev–Trinajstić information content (AvgIpc) is 3.34. The van der Waals surface area contributed by atoms with Crippen LogP contribution in [0.4, 0.5) is 0 Å². The summed E-state index contributed by atoms with van der Waals surface area (Å²) in [6.07, 6.45) is 5.14. The molecule has 8 heteroatoms. The summed E-state index contributed by atoms with van der Waals surface area (Å²) in [5.74, 6) is 2.29. The molecule has 34 heavy (non-hydrogen) atoms. The highest BCUT2D eigenvalue weighted by molar-refractivity contribution is 5.78. The van der Waals surface area contributed by atoms with Gasteiger partial charge >= 0.3 is 0 Å². The van der Waals surface area contributed by atoms with E-state index in [9.17, 15) is 9.59 Å². The molecule has 0 spiro atoms. The number of hydrogen-bond donors (Lipinski definition) is 0. The van der Waals surface area contributed by atoms with E-state index < -0.39 is 0 Å². The van der Waals surface area contributed by atoms with Gasteiger partial charge in [-0.05, 0) is 12.1 Å². The average molecular weight is 469 g/mol. The summed E-state index contributed by atoms with van der Waals surface area (Å²) in [6, 6.07) is 9.73. The maximum absolute atomic E-state index is 13.1. The molecule has 0 bridgehead atoms. The first-order valence-corrected chi connectivity index (χ1v) is 12.4. The first-order chi connectivity index (χ1) is 16.5. The normalized spacial score (nSPS) is 21.0. The number of hydrogen-bond acceptors (Lipinski definition) is 5. The number of morpholine rings is 1. The van der Waals surface area contributed by atoms with E-state index in [-0.39, 0.29) is 23.8 Å². The van der Waals surface area contributed by atoms with E-state index in [2.05, 4.69) is 23.4 Å². The molecule has 0 saturated carbocycles. The lowest BCUT2D eigenvalue weighted by molar-refractivity contribution is -0.141. The van der Waals surface area contributed by atoms with Crippen molar-refractivity contribution in [3.05, 3.63) is 48.5 Å². The molecule has 2 aliphatic rings. The maximum atomic E-state index is 13.1. The second-order valence-corrected chi connectivity index (χ2v) is 9.44. The van der Waals surface area contributed by atoms with Crippen LogP contribution >= 0.6 is 0 Å². The van der Waals surface area contributed by atoms with Gasteiger partial charge in [0.15, 0.2) is 0 Å². The van der Waals surface area contributed by atoms with Crippen molar-refractivity contribution >= 4 is 11.8 Å². The number of carbonyl (C=O) groups is 2. The van der Waals surface area contributed by atoms with E-state index in [0.29, 0.717) is 71.1 Å². The van der Waals surface area contributed by atoms with Crippen LogP contribution in [0.15, 0.2) is 42.7 Å². The van der Waals surface area contributed by atoms with E-state index in [1.807, 2.05) is 46.3 Å². The summed E-state index contributed by atoms with van der Waals surface area (Å²) in [5.41, 5.74) is 0. The molecular formula is C26H36N4O4. The molecule has 0 unspecified atom stereocenters. The molecule has 2 fully saturated rings. The molecule has 0 radical (unpaired) electrons. The summed E-state index contributed by atoms with van der Waals surface area (Å²) >= 11 is 0. The third-order valence-corrected chi connectivity index (χ3v) is 6.68. The Morgan fingerprint density at radius 3 is 2.59 bits per heavy atom. The largest absolute Gasteiger partial charge is 0.490 e. The summed E-state index contributed by atoms with van der Waals surface area (Å²) < 4.78 is 13.8. The molecule has 1 aromatic heterocycles. The summed E-state index contributed by atoms with van der Waals surface area (Å²) in [6.45, 7) is 8.41. The lowest BCUT2D eigenvalue weighted by Crippen LogP contribution is -2.50. The lowest BCUT2D eigenvalue weighted by atomic mass is 9.90. The van der Waals surface area contributed by atoms with Crippen molar-refractivity contribution in [2.24, 2.45) is 5.92 Å². The minimum atomic E-state index is -0.0994. The first kappa shape index (κ1) is 24.3. The van der Waals surface area contributed by atoms with E-state index in [1.165, 1.54) is 0 Å². The van der Waals surface area contributed by atoms with E-state index in [1.54, 1.807) is 6.20 Å². The Morgan fingerprint density at radius 2 is 1.85 bits per heavy atom. The minimum absolute atomic E-state index is 0.0484. The van der Waals surface area contributed by atoms with Gasteiger partial charge < -0.3 is 23.8 Å². The first-order valence-electron chi connectivity index (χ1n) is 12.4. The second kappa shape index (κ2) is 11.5. The number of aryl methyl sites for hydroxylation is 1. The van der Waals surface area contributed by atoms with Crippen molar-refractivity contribution < 1.29 is 19.1 Å². The van der Waals surface area contributed by atoms with Gasteiger partial charge in [-0.1, -0.05) is 32.0 Å². The smallest absolute Gasteiger partial charge is 0.224 e. The molecule has 4 rings (SSSR count). The van der Waals surface area contributed by atoms with Gasteiger partial charge in [0.05, 0.1) is 13.2 Å². The van der Waals surface area contributed by atoms with Crippen LogP contribution in [0.2, 0.25) is 0 Å². The molecule has 2 aromatic rings. The van der Waals surface area contributed by atoms with Gasteiger partial charge in [0.1, 0.15) is 17.7 Å². The van der Waals surface area contributed by atoms with Crippen LogP contribution in [0.1, 0.15) is 44.9 Å². The van der Waals surface area contributed by atoms with Crippen LogP contribution in [0.5, 0.6) is 5.75 Å². The zero-order valence-corrected chi connectivity index (χ0v) is 20.3. The summed E-state index contributed by atoms with van der Waals surface area (Å²) in [4.78, 5) is 34.3. The van der Waals surface area contributed by atoms with Crippen molar-refractivity contribution in [3.63, 3.8) is 0 Å². The Labute approximate surface area is 201 Å². The van der Waals surface area contributed by atoms with Gasteiger partial charge in [0.2, 0.25) is 11.8 Å². The number of aromatic nitrogens is 2. The predicted molar refractivity (Wildman–Crippen MR) is 128 cm³/mol. The molecule has 3 heterocycles. The fraction of sp³-hybridized carbons (Fsp3) is 0.577. The molecular weight excluding hydrogens is 432 g/mol. The van der Waals surface area contributed by atoms with Gasteiger partial charge in [-0.15, -0.1) is 0 Å². The second-order valence-electron chi connectivity index (χ2n) is 9.44. The molecule has 1 aromatic carbocycles.